The maximum atomic E-state index is 12.6. The fourth-order valence-electron chi connectivity index (χ4n) is 3.65. The first-order valence-corrected chi connectivity index (χ1v) is 9.79. The zero-order chi connectivity index (χ0) is 21.4. The van der Waals surface area contributed by atoms with Crippen molar-refractivity contribution in [2.24, 2.45) is 0 Å². The molecule has 1 aromatic heterocycles. The predicted molar refractivity (Wildman–Crippen MR) is 115 cm³/mol. The Morgan fingerprint density at radius 3 is 2.61 bits per heavy atom. The van der Waals surface area contributed by atoms with Gasteiger partial charge in [-0.15, -0.1) is 0 Å². The van der Waals surface area contributed by atoms with Gasteiger partial charge in [0.1, 0.15) is 11.3 Å². The monoisotopic (exact) mass is 414 g/mol. The van der Waals surface area contributed by atoms with Gasteiger partial charge in [-0.2, -0.15) is 0 Å². The van der Waals surface area contributed by atoms with Gasteiger partial charge in [0.15, 0.2) is 23.9 Å². The summed E-state index contributed by atoms with van der Waals surface area (Å²) in [5.41, 5.74) is 2.85. The van der Waals surface area contributed by atoms with E-state index in [-0.39, 0.29) is 19.2 Å². The number of carbonyl (C=O) groups is 1. The molecular weight excluding hydrogens is 396 g/mol. The zero-order valence-electron chi connectivity index (χ0n) is 16.7. The van der Waals surface area contributed by atoms with E-state index < -0.39 is 5.63 Å². The third-order valence-corrected chi connectivity index (χ3v) is 5.25. The van der Waals surface area contributed by atoms with Crippen molar-refractivity contribution in [2.45, 2.75) is 6.92 Å². The van der Waals surface area contributed by atoms with E-state index in [1.165, 1.54) is 6.07 Å². The minimum atomic E-state index is -0.442. The van der Waals surface area contributed by atoms with Crippen LogP contribution in [0.2, 0.25) is 0 Å². The van der Waals surface area contributed by atoms with Crippen molar-refractivity contribution in [3.05, 3.63) is 88.3 Å². The Balaban J connectivity index is 1.44. The number of Topliss-reactive ketones (excluding diaryl/α,β-unsaturated/α-hetero) is 1. The molecule has 0 spiro atoms. The smallest absolute Gasteiger partial charge is 0.336 e. The van der Waals surface area contributed by atoms with E-state index in [0.717, 1.165) is 16.5 Å². The predicted octanol–water partition coefficient (Wildman–Crippen LogP) is 4.76. The van der Waals surface area contributed by atoms with Crippen LogP contribution < -0.4 is 19.8 Å². The van der Waals surface area contributed by atoms with Crippen LogP contribution in [-0.4, -0.2) is 19.2 Å². The lowest BCUT2D eigenvalue weighted by Crippen LogP contribution is -2.12. The van der Waals surface area contributed by atoms with Gasteiger partial charge in [-0.05, 0) is 48.4 Å². The number of ketones is 1. The van der Waals surface area contributed by atoms with Crippen molar-refractivity contribution in [3.8, 4) is 28.4 Å². The zero-order valence-corrected chi connectivity index (χ0v) is 16.7. The molecule has 2 heterocycles. The van der Waals surface area contributed by atoms with Crippen LogP contribution in [0.5, 0.6) is 17.2 Å². The average molecular weight is 414 g/mol. The summed E-state index contributed by atoms with van der Waals surface area (Å²) in [6.45, 7) is 1.80. The molecule has 0 radical (unpaired) electrons. The number of hydrogen-bond donors (Lipinski definition) is 0. The highest BCUT2D eigenvalue weighted by Gasteiger charge is 2.18. The molecule has 6 nitrogen and oxygen atoms in total. The van der Waals surface area contributed by atoms with Gasteiger partial charge in [0, 0.05) is 22.6 Å². The number of ether oxygens (including phenoxy) is 3. The second-order valence-electron chi connectivity index (χ2n) is 7.19. The molecule has 0 fully saturated rings. The third kappa shape index (κ3) is 3.53. The van der Waals surface area contributed by atoms with E-state index >= 15 is 0 Å². The van der Waals surface area contributed by atoms with Crippen LogP contribution >= 0.6 is 0 Å². The summed E-state index contributed by atoms with van der Waals surface area (Å²) in [4.78, 5) is 24.8. The van der Waals surface area contributed by atoms with Gasteiger partial charge in [-0.1, -0.05) is 30.3 Å². The Labute approximate surface area is 177 Å². The number of rotatable bonds is 5. The summed E-state index contributed by atoms with van der Waals surface area (Å²) in [6.07, 6.45) is 0. The SMILES string of the molecule is Cc1c(OCC(=O)c2ccc3c(c2)OCO3)ccc2c(-c3ccccc3)cc(=O)oc12. The van der Waals surface area contributed by atoms with E-state index in [9.17, 15) is 9.59 Å². The lowest BCUT2D eigenvalue weighted by molar-refractivity contribution is 0.0920. The highest BCUT2D eigenvalue weighted by Crippen LogP contribution is 2.34. The maximum absolute atomic E-state index is 12.6. The van der Waals surface area contributed by atoms with E-state index in [1.807, 2.05) is 36.4 Å². The summed E-state index contributed by atoms with van der Waals surface area (Å²) in [5.74, 6) is 1.45. The topological polar surface area (TPSA) is 75.0 Å². The molecule has 1 aliphatic heterocycles. The minimum Gasteiger partial charge on any atom is -0.485 e. The molecule has 5 rings (SSSR count). The van der Waals surface area contributed by atoms with Crippen molar-refractivity contribution in [2.75, 3.05) is 13.4 Å². The molecule has 154 valence electrons. The number of fused-ring (bicyclic) bond motifs is 2. The highest BCUT2D eigenvalue weighted by molar-refractivity contribution is 5.98. The van der Waals surface area contributed by atoms with Crippen molar-refractivity contribution < 1.29 is 23.4 Å². The minimum absolute atomic E-state index is 0.149. The standard InChI is InChI=1S/C25H18O6/c1-15-21(28-13-20(26)17-7-9-22-23(11-17)30-14-29-22)10-8-18-19(12-24(27)31-25(15)18)16-5-3-2-4-6-16/h2-12H,13-14H2,1H3. The Hall–Kier alpha value is -4.06. The molecule has 0 amide bonds. The maximum Gasteiger partial charge on any atom is 0.336 e. The third-order valence-electron chi connectivity index (χ3n) is 5.25. The summed E-state index contributed by atoms with van der Waals surface area (Å²) in [6, 6.07) is 19.8. The van der Waals surface area contributed by atoms with Crippen LogP contribution in [0.3, 0.4) is 0 Å². The van der Waals surface area contributed by atoms with E-state index in [1.54, 1.807) is 31.2 Å². The van der Waals surface area contributed by atoms with Crippen LogP contribution in [0.4, 0.5) is 0 Å². The van der Waals surface area contributed by atoms with E-state index in [0.29, 0.717) is 34.0 Å². The molecule has 4 aromatic rings. The summed E-state index contributed by atoms with van der Waals surface area (Å²) >= 11 is 0. The molecule has 0 saturated carbocycles. The molecule has 31 heavy (non-hydrogen) atoms. The first kappa shape index (κ1) is 18.9. The molecule has 0 N–H and O–H groups in total. The van der Waals surface area contributed by atoms with E-state index in [4.69, 9.17) is 18.6 Å². The first-order valence-electron chi connectivity index (χ1n) is 9.79. The van der Waals surface area contributed by atoms with Gasteiger partial charge >= 0.3 is 5.63 Å². The molecule has 0 saturated heterocycles. The number of hydrogen-bond acceptors (Lipinski definition) is 6. The largest absolute Gasteiger partial charge is 0.485 e. The number of carbonyl (C=O) groups excluding carboxylic acids is 1. The van der Waals surface area contributed by atoms with Gasteiger partial charge in [-0.25, -0.2) is 4.79 Å². The molecule has 0 aliphatic carbocycles. The molecular formula is C25H18O6. The Morgan fingerprint density at radius 2 is 1.77 bits per heavy atom. The fourth-order valence-corrected chi connectivity index (χ4v) is 3.65. The number of benzene rings is 3. The lowest BCUT2D eigenvalue weighted by atomic mass is 10.0. The first-order chi connectivity index (χ1) is 15.1. The van der Waals surface area contributed by atoms with Crippen molar-refractivity contribution in [3.63, 3.8) is 0 Å². The van der Waals surface area contributed by atoms with Crippen molar-refractivity contribution in [1.29, 1.82) is 0 Å². The average Bonchev–Trinajstić information content (AvgIpc) is 3.27. The summed E-state index contributed by atoms with van der Waals surface area (Å²) < 4.78 is 21.9. The second kappa shape index (κ2) is 7.65. The van der Waals surface area contributed by atoms with Gasteiger partial charge in [0.25, 0.3) is 0 Å². The normalized spacial score (nSPS) is 12.2. The number of aryl methyl sites for hydroxylation is 1. The van der Waals surface area contributed by atoms with Gasteiger partial charge in [0.2, 0.25) is 6.79 Å². The lowest BCUT2D eigenvalue weighted by Gasteiger charge is -2.12. The van der Waals surface area contributed by atoms with Crippen LogP contribution in [0.15, 0.2) is 75.9 Å². The molecule has 6 heteroatoms. The quantitative estimate of drug-likeness (QED) is 0.346. The molecule has 3 aromatic carbocycles. The molecule has 0 atom stereocenters. The molecule has 1 aliphatic rings. The van der Waals surface area contributed by atoms with Gasteiger partial charge in [-0.3, -0.25) is 4.79 Å². The van der Waals surface area contributed by atoms with Gasteiger partial charge < -0.3 is 18.6 Å². The Kier molecular flexibility index (Phi) is 4.67. The Morgan fingerprint density at radius 1 is 0.968 bits per heavy atom. The second-order valence-corrected chi connectivity index (χ2v) is 7.19. The Bertz CT molecular complexity index is 1350. The summed E-state index contributed by atoms with van der Waals surface area (Å²) in [7, 11) is 0. The van der Waals surface area contributed by atoms with Crippen LogP contribution in [-0.2, 0) is 0 Å². The van der Waals surface area contributed by atoms with Crippen LogP contribution in [0, 0.1) is 6.92 Å². The summed E-state index contributed by atoms with van der Waals surface area (Å²) in [5, 5.41) is 0.803. The van der Waals surface area contributed by atoms with Gasteiger partial charge in [0.05, 0.1) is 0 Å². The van der Waals surface area contributed by atoms with Crippen molar-refractivity contribution in [1.82, 2.24) is 0 Å². The molecule has 0 bridgehead atoms. The highest BCUT2D eigenvalue weighted by atomic mass is 16.7. The van der Waals surface area contributed by atoms with Crippen molar-refractivity contribution >= 4 is 16.8 Å². The van der Waals surface area contributed by atoms with Crippen LogP contribution in [0.25, 0.3) is 22.1 Å². The molecule has 0 unspecified atom stereocenters. The van der Waals surface area contributed by atoms with E-state index in [2.05, 4.69) is 0 Å². The fraction of sp³-hybridized carbons (Fsp3) is 0.120. The van der Waals surface area contributed by atoms with Crippen LogP contribution in [0.1, 0.15) is 15.9 Å².